The van der Waals surface area contributed by atoms with Crippen molar-refractivity contribution in [3.8, 4) is 0 Å². The first-order chi connectivity index (χ1) is 12.6. The minimum Gasteiger partial charge on any atom is -0.348 e. The molecule has 1 aliphatic rings. The van der Waals surface area contributed by atoms with Crippen molar-refractivity contribution in [2.75, 3.05) is 5.75 Å². The van der Waals surface area contributed by atoms with Crippen LogP contribution in [-0.2, 0) is 4.79 Å². The highest BCUT2D eigenvalue weighted by atomic mass is 32.2. The number of aromatic nitrogens is 2. The van der Waals surface area contributed by atoms with Gasteiger partial charge < -0.3 is 5.32 Å². The summed E-state index contributed by atoms with van der Waals surface area (Å²) in [6.07, 6.45) is 1.99. The number of nitrogens with one attached hydrogen (secondary N) is 1. The van der Waals surface area contributed by atoms with Crippen molar-refractivity contribution in [3.05, 3.63) is 57.0 Å². The van der Waals surface area contributed by atoms with Gasteiger partial charge >= 0.3 is 0 Å². The van der Waals surface area contributed by atoms with Crippen LogP contribution in [0.25, 0.3) is 10.9 Å². The molecule has 1 amide bonds. The number of para-hydroxylation sites is 1. The summed E-state index contributed by atoms with van der Waals surface area (Å²) < 4.78 is 1.77. The maximum Gasteiger partial charge on any atom is 0.262 e. The maximum absolute atomic E-state index is 12.8. The van der Waals surface area contributed by atoms with Gasteiger partial charge in [-0.15, -0.1) is 11.3 Å². The molecule has 1 N–H and O–H groups in total. The second-order valence-electron chi connectivity index (χ2n) is 6.41. The lowest BCUT2D eigenvalue weighted by Gasteiger charge is -2.14. The fraction of sp³-hybridized carbons (Fsp3) is 0.316. The molecule has 2 aromatic heterocycles. The van der Waals surface area contributed by atoms with Gasteiger partial charge in [0.25, 0.3) is 5.56 Å². The monoisotopic (exact) mass is 385 g/mol. The van der Waals surface area contributed by atoms with Gasteiger partial charge in [-0.25, -0.2) is 4.98 Å². The van der Waals surface area contributed by atoms with E-state index in [9.17, 15) is 9.59 Å². The van der Waals surface area contributed by atoms with Crippen LogP contribution in [0.3, 0.4) is 0 Å². The molecule has 0 unspecified atom stereocenters. The lowest BCUT2D eigenvalue weighted by atomic mass is 10.2. The quantitative estimate of drug-likeness (QED) is 0.518. The molecule has 7 heteroatoms. The smallest absolute Gasteiger partial charge is 0.262 e. The third kappa shape index (κ3) is 3.54. The molecular weight excluding hydrogens is 366 g/mol. The van der Waals surface area contributed by atoms with Crippen LogP contribution in [0.4, 0.5) is 0 Å². The van der Waals surface area contributed by atoms with E-state index in [1.165, 1.54) is 11.8 Å². The third-order valence-electron chi connectivity index (χ3n) is 4.37. The van der Waals surface area contributed by atoms with Crippen molar-refractivity contribution in [3.63, 3.8) is 0 Å². The summed E-state index contributed by atoms with van der Waals surface area (Å²) in [5.41, 5.74) is 0.678. The molecule has 0 radical (unpaired) electrons. The predicted octanol–water partition coefficient (Wildman–Crippen LogP) is 3.76. The fourth-order valence-corrected chi connectivity index (χ4v) is 4.52. The Bertz CT molecular complexity index is 994. The molecule has 1 atom stereocenters. The standard InChI is InChI=1S/C19H19N3O2S2/c1-12(16-7-4-10-25-16)20-17(23)11-26-19-21-15-6-3-2-5-14(15)18(24)22(19)13-8-9-13/h2-7,10,12-13H,8-9,11H2,1H3,(H,20,23)/t12-/m0/s1. The van der Waals surface area contributed by atoms with E-state index in [-0.39, 0.29) is 29.3 Å². The van der Waals surface area contributed by atoms with Crippen LogP contribution in [-0.4, -0.2) is 21.2 Å². The molecule has 1 aromatic carbocycles. The number of hydrogen-bond acceptors (Lipinski definition) is 5. The zero-order chi connectivity index (χ0) is 18.1. The molecule has 0 saturated heterocycles. The molecular formula is C19H19N3O2S2. The average molecular weight is 386 g/mol. The van der Waals surface area contributed by atoms with Gasteiger partial charge in [-0.05, 0) is 43.3 Å². The Labute approximate surface area is 159 Å². The van der Waals surface area contributed by atoms with Gasteiger partial charge in [-0.3, -0.25) is 14.2 Å². The summed E-state index contributed by atoms with van der Waals surface area (Å²) in [7, 11) is 0. The first-order valence-corrected chi connectivity index (χ1v) is 10.5. The number of carbonyl (C=O) groups excluding carboxylic acids is 1. The van der Waals surface area contributed by atoms with Gasteiger partial charge in [0.1, 0.15) is 0 Å². The molecule has 26 heavy (non-hydrogen) atoms. The van der Waals surface area contributed by atoms with Crippen LogP contribution in [0.5, 0.6) is 0 Å². The molecule has 0 spiro atoms. The zero-order valence-corrected chi connectivity index (χ0v) is 16.0. The van der Waals surface area contributed by atoms with E-state index in [0.717, 1.165) is 17.7 Å². The molecule has 1 saturated carbocycles. The van der Waals surface area contributed by atoms with Gasteiger partial charge in [0.15, 0.2) is 5.16 Å². The van der Waals surface area contributed by atoms with Crippen molar-refractivity contribution < 1.29 is 4.79 Å². The largest absolute Gasteiger partial charge is 0.348 e. The first-order valence-electron chi connectivity index (χ1n) is 8.60. The Kier molecular flexibility index (Phi) is 4.82. The molecule has 4 rings (SSSR count). The SMILES string of the molecule is C[C@H](NC(=O)CSc1nc2ccccc2c(=O)n1C1CC1)c1cccs1. The summed E-state index contributed by atoms with van der Waals surface area (Å²) in [5, 5.41) is 6.28. The van der Waals surface area contributed by atoms with E-state index in [1.807, 2.05) is 48.7 Å². The van der Waals surface area contributed by atoms with Crippen molar-refractivity contribution >= 4 is 39.9 Å². The van der Waals surface area contributed by atoms with Crippen LogP contribution < -0.4 is 10.9 Å². The Hall–Kier alpha value is -2.12. The van der Waals surface area contributed by atoms with Crippen molar-refractivity contribution in [1.82, 2.24) is 14.9 Å². The van der Waals surface area contributed by atoms with Crippen molar-refractivity contribution in [2.24, 2.45) is 0 Å². The van der Waals surface area contributed by atoms with Crippen molar-refractivity contribution in [1.29, 1.82) is 0 Å². The minimum atomic E-state index is -0.0549. The number of thioether (sulfide) groups is 1. The number of fused-ring (bicyclic) bond motifs is 1. The predicted molar refractivity (Wildman–Crippen MR) is 106 cm³/mol. The van der Waals surface area contributed by atoms with E-state index < -0.39 is 0 Å². The van der Waals surface area contributed by atoms with E-state index in [2.05, 4.69) is 10.3 Å². The molecule has 134 valence electrons. The van der Waals surface area contributed by atoms with E-state index in [4.69, 9.17) is 0 Å². The van der Waals surface area contributed by atoms with Gasteiger partial charge in [-0.2, -0.15) is 0 Å². The highest BCUT2D eigenvalue weighted by molar-refractivity contribution is 7.99. The van der Waals surface area contributed by atoms with Crippen LogP contribution in [0.1, 0.15) is 36.7 Å². The lowest BCUT2D eigenvalue weighted by molar-refractivity contribution is -0.119. The molecule has 5 nitrogen and oxygen atoms in total. The second-order valence-corrected chi connectivity index (χ2v) is 8.33. The number of benzene rings is 1. The molecule has 0 bridgehead atoms. The third-order valence-corrected chi connectivity index (χ3v) is 6.38. The number of hydrogen-bond donors (Lipinski definition) is 1. The Morgan fingerprint density at radius 1 is 1.35 bits per heavy atom. The molecule has 3 aromatic rings. The van der Waals surface area contributed by atoms with E-state index in [0.29, 0.717) is 16.1 Å². The summed E-state index contributed by atoms with van der Waals surface area (Å²) in [6, 6.07) is 11.6. The summed E-state index contributed by atoms with van der Waals surface area (Å²) in [5.74, 6) is 0.188. The number of carbonyl (C=O) groups is 1. The Morgan fingerprint density at radius 2 is 2.15 bits per heavy atom. The average Bonchev–Trinajstić information content (AvgIpc) is 3.31. The van der Waals surface area contributed by atoms with Crippen LogP contribution >= 0.6 is 23.1 Å². The van der Waals surface area contributed by atoms with Gasteiger partial charge in [0.2, 0.25) is 5.91 Å². The van der Waals surface area contributed by atoms with E-state index >= 15 is 0 Å². The number of amides is 1. The molecule has 1 fully saturated rings. The van der Waals surface area contributed by atoms with Gasteiger partial charge in [0, 0.05) is 10.9 Å². The fourth-order valence-electron chi connectivity index (χ4n) is 2.90. The minimum absolute atomic E-state index is 0.00652. The van der Waals surface area contributed by atoms with Gasteiger partial charge in [-0.1, -0.05) is 30.0 Å². The van der Waals surface area contributed by atoms with Crippen LogP contribution in [0.15, 0.2) is 51.7 Å². The molecule has 2 heterocycles. The first kappa shape index (κ1) is 17.3. The van der Waals surface area contributed by atoms with Crippen molar-refractivity contribution in [2.45, 2.75) is 37.0 Å². The topological polar surface area (TPSA) is 64.0 Å². The number of thiophene rings is 1. The summed E-state index contributed by atoms with van der Waals surface area (Å²) in [6.45, 7) is 1.97. The van der Waals surface area contributed by atoms with Gasteiger partial charge in [0.05, 0.1) is 22.7 Å². The highest BCUT2D eigenvalue weighted by Gasteiger charge is 2.28. The number of rotatable bonds is 6. The summed E-state index contributed by atoms with van der Waals surface area (Å²) >= 11 is 2.96. The van der Waals surface area contributed by atoms with Crippen LogP contribution in [0, 0.1) is 0 Å². The van der Waals surface area contributed by atoms with Crippen LogP contribution in [0.2, 0.25) is 0 Å². The summed E-state index contributed by atoms with van der Waals surface area (Å²) in [4.78, 5) is 30.9. The highest BCUT2D eigenvalue weighted by Crippen LogP contribution is 2.36. The lowest BCUT2D eigenvalue weighted by Crippen LogP contribution is -2.28. The second kappa shape index (κ2) is 7.25. The molecule has 0 aliphatic heterocycles. The Balaban J connectivity index is 1.52. The number of nitrogens with zero attached hydrogens (tertiary/aromatic N) is 2. The Morgan fingerprint density at radius 3 is 2.88 bits per heavy atom. The molecule has 1 aliphatic carbocycles. The normalized spacial score (nSPS) is 15.1. The zero-order valence-electron chi connectivity index (χ0n) is 14.3. The maximum atomic E-state index is 12.8. The van der Waals surface area contributed by atoms with E-state index in [1.54, 1.807) is 15.9 Å².